The molecule has 150 valence electrons. The van der Waals surface area contributed by atoms with E-state index in [-0.39, 0.29) is 24.2 Å². The maximum absolute atomic E-state index is 13.2. The smallest absolute Gasteiger partial charge is 0.242 e. The van der Waals surface area contributed by atoms with Crippen LogP contribution in [0.2, 0.25) is 0 Å². The zero-order chi connectivity index (χ0) is 20.7. The van der Waals surface area contributed by atoms with Gasteiger partial charge >= 0.3 is 0 Å². The monoisotopic (exact) mass is 402 g/mol. The van der Waals surface area contributed by atoms with Crippen LogP contribution in [0.3, 0.4) is 0 Å². The van der Waals surface area contributed by atoms with Crippen LogP contribution in [0.15, 0.2) is 54.4 Å². The van der Waals surface area contributed by atoms with E-state index in [2.05, 4.69) is 6.58 Å². The van der Waals surface area contributed by atoms with Crippen LogP contribution in [0.25, 0.3) is 0 Å². The molecule has 0 saturated heterocycles. The molecule has 0 bridgehead atoms. The van der Waals surface area contributed by atoms with E-state index in [1.807, 2.05) is 38.3 Å². The zero-order valence-corrected chi connectivity index (χ0v) is 17.5. The highest BCUT2D eigenvalue weighted by Crippen LogP contribution is 2.19. The van der Waals surface area contributed by atoms with Crippen molar-refractivity contribution in [3.63, 3.8) is 0 Å². The quantitative estimate of drug-likeness (QED) is 0.611. The second kappa shape index (κ2) is 9.64. The third-order valence-corrected chi connectivity index (χ3v) is 5.03. The lowest BCUT2D eigenvalue weighted by molar-refractivity contribution is -0.145. The molecule has 1 heterocycles. The minimum atomic E-state index is -0.584. The molecule has 28 heavy (non-hydrogen) atoms. The summed E-state index contributed by atoms with van der Waals surface area (Å²) in [5, 5.41) is 1.96. The van der Waals surface area contributed by atoms with E-state index in [1.54, 1.807) is 34.4 Å². The SMILES string of the molecule is C=CCN(CC(=O)N(Cc1ccc(F)cc1)Cc1cccs1)C(=O)C(C)(C)C. The van der Waals surface area contributed by atoms with Crippen LogP contribution in [-0.2, 0) is 22.7 Å². The van der Waals surface area contributed by atoms with Gasteiger partial charge in [0.25, 0.3) is 0 Å². The van der Waals surface area contributed by atoms with E-state index < -0.39 is 5.41 Å². The Morgan fingerprint density at radius 1 is 1.11 bits per heavy atom. The zero-order valence-electron chi connectivity index (χ0n) is 16.7. The summed E-state index contributed by atoms with van der Waals surface area (Å²) in [5.74, 6) is -0.566. The fourth-order valence-electron chi connectivity index (χ4n) is 2.75. The van der Waals surface area contributed by atoms with Gasteiger partial charge in [0.2, 0.25) is 11.8 Å². The van der Waals surface area contributed by atoms with E-state index in [9.17, 15) is 14.0 Å². The lowest BCUT2D eigenvalue weighted by atomic mass is 9.94. The lowest BCUT2D eigenvalue weighted by Gasteiger charge is -2.31. The Labute approximate surface area is 170 Å². The number of halogens is 1. The molecule has 0 aliphatic heterocycles. The minimum Gasteiger partial charge on any atom is -0.332 e. The van der Waals surface area contributed by atoms with Gasteiger partial charge in [-0.25, -0.2) is 4.39 Å². The number of amides is 2. The first-order valence-corrected chi connectivity index (χ1v) is 10.0. The number of rotatable bonds is 8. The predicted octanol–water partition coefficient (Wildman–Crippen LogP) is 4.48. The number of thiophene rings is 1. The van der Waals surface area contributed by atoms with Gasteiger partial charge in [0.1, 0.15) is 12.4 Å². The molecule has 0 unspecified atom stereocenters. The molecule has 0 aliphatic rings. The Morgan fingerprint density at radius 3 is 2.32 bits per heavy atom. The molecular weight excluding hydrogens is 375 g/mol. The molecule has 0 atom stereocenters. The van der Waals surface area contributed by atoms with Crippen LogP contribution < -0.4 is 0 Å². The standard InChI is InChI=1S/C22H27FN2O2S/c1-5-12-24(21(27)22(2,3)4)16-20(26)25(15-19-7-6-13-28-19)14-17-8-10-18(23)11-9-17/h5-11,13H,1,12,14-16H2,2-4H3. The number of hydrogen-bond acceptors (Lipinski definition) is 3. The third kappa shape index (κ3) is 6.30. The Hall–Kier alpha value is -2.47. The van der Waals surface area contributed by atoms with Crippen LogP contribution in [0, 0.1) is 11.2 Å². The van der Waals surface area contributed by atoms with Gasteiger partial charge < -0.3 is 9.80 Å². The van der Waals surface area contributed by atoms with E-state index in [4.69, 9.17) is 0 Å². The molecule has 0 aliphatic carbocycles. The van der Waals surface area contributed by atoms with Crippen molar-refractivity contribution in [2.24, 2.45) is 5.41 Å². The van der Waals surface area contributed by atoms with Gasteiger partial charge in [0.05, 0.1) is 6.54 Å². The van der Waals surface area contributed by atoms with Crippen molar-refractivity contribution >= 4 is 23.2 Å². The van der Waals surface area contributed by atoms with Crippen molar-refractivity contribution in [1.29, 1.82) is 0 Å². The van der Waals surface area contributed by atoms with Crippen molar-refractivity contribution in [1.82, 2.24) is 9.80 Å². The molecule has 0 saturated carbocycles. The van der Waals surface area contributed by atoms with Crippen molar-refractivity contribution in [3.05, 3.63) is 70.7 Å². The molecule has 1 aromatic carbocycles. The van der Waals surface area contributed by atoms with Crippen LogP contribution in [0.1, 0.15) is 31.2 Å². The second-order valence-corrected chi connectivity index (χ2v) is 8.71. The largest absolute Gasteiger partial charge is 0.332 e. The summed E-state index contributed by atoms with van der Waals surface area (Å²) in [4.78, 5) is 30.1. The van der Waals surface area contributed by atoms with Crippen LogP contribution >= 0.6 is 11.3 Å². The van der Waals surface area contributed by atoms with Gasteiger partial charge in [0, 0.05) is 23.4 Å². The van der Waals surface area contributed by atoms with E-state index in [0.717, 1.165) is 10.4 Å². The van der Waals surface area contributed by atoms with E-state index in [0.29, 0.717) is 19.6 Å². The molecule has 0 spiro atoms. The predicted molar refractivity (Wildman–Crippen MR) is 111 cm³/mol. The summed E-state index contributed by atoms with van der Waals surface area (Å²) in [6.07, 6.45) is 1.63. The molecule has 6 heteroatoms. The molecule has 0 radical (unpaired) electrons. The van der Waals surface area contributed by atoms with Gasteiger partial charge in [-0.3, -0.25) is 9.59 Å². The number of carbonyl (C=O) groups excluding carboxylic acids is 2. The van der Waals surface area contributed by atoms with Gasteiger partial charge in [-0.05, 0) is 29.1 Å². The molecule has 0 N–H and O–H groups in total. The minimum absolute atomic E-state index is 0.0192. The Balaban J connectivity index is 2.19. The first-order chi connectivity index (χ1) is 13.2. The normalized spacial score (nSPS) is 11.1. The van der Waals surface area contributed by atoms with Gasteiger partial charge in [-0.1, -0.05) is 45.0 Å². The fourth-order valence-corrected chi connectivity index (χ4v) is 3.47. The average molecular weight is 403 g/mol. The molecule has 2 rings (SSSR count). The molecule has 1 aromatic heterocycles. The van der Waals surface area contributed by atoms with Crippen molar-refractivity contribution in [2.75, 3.05) is 13.1 Å². The summed E-state index contributed by atoms with van der Waals surface area (Å²) < 4.78 is 13.2. The van der Waals surface area contributed by atoms with Gasteiger partial charge in [-0.15, -0.1) is 17.9 Å². The highest BCUT2D eigenvalue weighted by molar-refractivity contribution is 7.09. The van der Waals surface area contributed by atoms with Crippen molar-refractivity contribution in [2.45, 2.75) is 33.9 Å². The maximum atomic E-state index is 13.2. The van der Waals surface area contributed by atoms with Crippen molar-refractivity contribution < 1.29 is 14.0 Å². The fraction of sp³-hybridized carbons (Fsp3) is 0.364. The van der Waals surface area contributed by atoms with Crippen LogP contribution in [0.5, 0.6) is 0 Å². The summed E-state index contributed by atoms with van der Waals surface area (Å²) in [6.45, 7) is 10.3. The summed E-state index contributed by atoms with van der Waals surface area (Å²) in [5.41, 5.74) is 0.252. The van der Waals surface area contributed by atoms with Crippen LogP contribution in [0.4, 0.5) is 4.39 Å². The summed E-state index contributed by atoms with van der Waals surface area (Å²) >= 11 is 1.57. The molecule has 2 aromatic rings. The average Bonchev–Trinajstić information content (AvgIpc) is 3.14. The first-order valence-electron chi connectivity index (χ1n) is 9.15. The highest BCUT2D eigenvalue weighted by atomic mass is 32.1. The first kappa shape index (κ1) is 21.8. The highest BCUT2D eigenvalue weighted by Gasteiger charge is 2.29. The molecule has 2 amide bonds. The number of nitrogens with zero attached hydrogens (tertiary/aromatic N) is 2. The molecule has 4 nitrogen and oxygen atoms in total. The summed E-state index contributed by atoms with van der Waals surface area (Å²) in [6, 6.07) is 10.0. The Morgan fingerprint density at radius 2 is 1.79 bits per heavy atom. The summed E-state index contributed by atoms with van der Waals surface area (Å²) in [7, 11) is 0. The van der Waals surface area contributed by atoms with Gasteiger partial charge in [-0.2, -0.15) is 0 Å². The topological polar surface area (TPSA) is 40.6 Å². The maximum Gasteiger partial charge on any atom is 0.242 e. The number of benzene rings is 1. The number of carbonyl (C=O) groups is 2. The van der Waals surface area contributed by atoms with Crippen molar-refractivity contribution in [3.8, 4) is 0 Å². The lowest BCUT2D eigenvalue weighted by Crippen LogP contribution is -2.46. The van der Waals surface area contributed by atoms with Crippen LogP contribution in [-0.4, -0.2) is 34.7 Å². The molecular formula is C22H27FN2O2S. The van der Waals surface area contributed by atoms with Gasteiger partial charge in [0.15, 0.2) is 0 Å². The molecule has 0 fully saturated rings. The van der Waals surface area contributed by atoms with E-state index in [1.165, 1.54) is 17.0 Å². The Kier molecular flexibility index (Phi) is 7.52. The third-order valence-electron chi connectivity index (χ3n) is 4.17. The Bertz CT molecular complexity index is 795. The second-order valence-electron chi connectivity index (χ2n) is 7.68. The van der Waals surface area contributed by atoms with E-state index >= 15 is 0 Å². The number of hydrogen-bond donors (Lipinski definition) is 0.